The zero-order valence-electron chi connectivity index (χ0n) is 12.5. The van der Waals surface area contributed by atoms with E-state index in [0.717, 1.165) is 11.8 Å². The van der Waals surface area contributed by atoms with E-state index in [0.29, 0.717) is 0 Å². The Morgan fingerprint density at radius 2 is 1.44 bits per heavy atom. The molecule has 1 unspecified atom stereocenters. The molecule has 1 atom stereocenters. The highest BCUT2D eigenvalue weighted by atomic mass is 14.2. The second-order valence-corrected chi connectivity index (χ2v) is 5.82. The lowest BCUT2D eigenvalue weighted by Crippen LogP contribution is -2.06. The number of hydrogen-bond acceptors (Lipinski definition) is 0. The highest BCUT2D eigenvalue weighted by Gasteiger charge is 2.14. The van der Waals surface area contributed by atoms with Gasteiger partial charge in [0.05, 0.1) is 0 Å². The molecule has 0 radical (unpaired) electrons. The van der Waals surface area contributed by atoms with Crippen LogP contribution in [0, 0.1) is 5.92 Å². The van der Waals surface area contributed by atoms with Crippen molar-refractivity contribution in [2.75, 3.05) is 0 Å². The van der Waals surface area contributed by atoms with Gasteiger partial charge in [0.1, 0.15) is 0 Å². The lowest BCUT2D eigenvalue weighted by Gasteiger charge is -2.21. The van der Waals surface area contributed by atoms with Crippen LogP contribution < -0.4 is 0 Å². The summed E-state index contributed by atoms with van der Waals surface area (Å²) >= 11 is 0. The van der Waals surface area contributed by atoms with Crippen molar-refractivity contribution in [3.8, 4) is 0 Å². The van der Waals surface area contributed by atoms with Crippen molar-refractivity contribution in [1.29, 1.82) is 0 Å². The third-order valence-electron chi connectivity index (χ3n) is 3.90. The zero-order valence-corrected chi connectivity index (χ0v) is 12.5. The molecule has 0 nitrogen and oxygen atoms in total. The third-order valence-corrected chi connectivity index (χ3v) is 3.90. The van der Waals surface area contributed by atoms with Crippen LogP contribution in [0.3, 0.4) is 0 Å². The standard InChI is InChI=1S/C18H30/c1-4-5-6-7-8-12-15-18(16(2)3)17-13-10-9-11-14-17/h9-11,13-14,16,18H,4-8,12,15H2,1-3H3. The molecule has 102 valence electrons. The Bertz CT molecular complexity index is 286. The summed E-state index contributed by atoms with van der Waals surface area (Å²) in [5, 5.41) is 0. The monoisotopic (exact) mass is 246 g/mol. The fourth-order valence-corrected chi connectivity index (χ4v) is 2.73. The van der Waals surface area contributed by atoms with Crippen molar-refractivity contribution in [3.05, 3.63) is 35.9 Å². The van der Waals surface area contributed by atoms with Crippen molar-refractivity contribution in [1.82, 2.24) is 0 Å². The number of benzene rings is 1. The Morgan fingerprint density at radius 1 is 0.833 bits per heavy atom. The van der Waals surface area contributed by atoms with Crippen LogP contribution in [0.2, 0.25) is 0 Å². The van der Waals surface area contributed by atoms with Gasteiger partial charge in [0.25, 0.3) is 0 Å². The van der Waals surface area contributed by atoms with Gasteiger partial charge in [0, 0.05) is 0 Å². The molecular weight excluding hydrogens is 216 g/mol. The van der Waals surface area contributed by atoms with Gasteiger partial charge >= 0.3 is 0 Å². The van der Waals surface area contributed by atoms with E-state index in [4.69, 9.17) is 0 Å². The predicted molar refractivity (Wildman–Crippen MR) is 82.0 cm³/mol. The van der Waals surface area contributed by atoms with Crippen LogP contribution in [-0.2, 0) is 0 Å². The predicted octanol–water partition coefficient (Wildman–Crippen LogP) is 6.18. The first-order valence-electron chi connectivity index (χ1n) is 7.80. The number of unbranched alkanes of at least 4 members (excludes halogenated alkanes) is 5. The summed E-state index contributed by atoms with van der Waals surface area (Å²) in [4.78, 5) is 0. The Kier molecular flexibility index (Phi) is 7.80. The molecule has 0 aliphatic heterocycles. The van der Waals surface area contributed by atoms with Crippen molar-refractivity contribution in [3.63, 3.8) is 0 Å². The Labute approximate surface area is 114 Å². The second kappa shape index (κ2) is 9.19. The topological polar surface area (TPSA) is 0 Å². The minimum absolute atomic E-state index is 0.748. The summed E-state index contributed by atoms with van der Waals surface area (Å²) < 4.78 is 0. The van der Waals surface area contributed by atoms with Gasteiger partial charge in [0.15, 0.2) is 0 Å². The first kappa shape index (κ1) is 15.3. The summed E-state index contributed by atoms with van der Waals surface area (Å²) in [6.07, 6.45) is 9.76. The molecule has 1 rings (SSSR count). The van der Waals surface area contributed by atoms with Gasteiger partial charge in [-0.2, -0.15) is 0 Å². The molecule has 0 aliphatic carbocycles. The molecule has 1 aromatic carbocycles. The number of rotatable bonds is 9. The molecule has 1 aromatic rings. The van der Waals surface area contributed by atoms with E-state index in [1.807, 2.05) is 0 Å². The molecule has 0 bridgehead atoms. The maximum absolute atomic E-state index is 2.36. The maximum atomic E-state index is 2.36. The lowest BCUT2D eigenvalue weighted by molar-refractivity contribution is 0.442. The average molecular weight is 246 g/mol. The normalized spacial score (nSPS) is 12.9. The van der Waals surface area contributed by atoms with Gasteiger partial charge < -0.3 is 0 Å². The minimum atomic E-state index is 0.748. The first-order valence-corrected chi connectivity index (χ1v) is 7.80. The van der Waals surface area contributed by atoms with Crippen LogP contribution in [-0.4, -0.2) is 0 Å². The first-order chi connectivity index (χ1) is 8.75. The average Bonchev–Trinajstić information content (AvgIpc) is 2.38. The highest BCUT2D eigenvalue weighted by Crippen LogP contribution is 2.29. The molecule has 0 fully saturated rings. The summed E-state index contributed by atoms with van der Waals surface area (Å²) in [7, 11) is 0. The fourth-order valence-electron chi connectivity index (χ4n) is 2.73. The van der Waals surface area contributed by atoms with Gasteiger partial charge in [-0.25, -0.2) is 0 Å². The van der Waals surface area contributed by atoms with Crippen molar-refractivity contribution in [2.45, 2.75) is 71.6 Å². The summed E-state index contributed by atoms with van der Waals surface area (Å²) in [5.74, 6) is 1.50. The van der Waals surface area contributed by atoms with Crippen LogP contribution in [0.15, 0.2) is 30.3 Å². The molecule has 0 aliphatic rings. The Balaban J connectivity index is 2.31. The Morgan fingerprint density at radius 3 is 2.06 bits per heavy atom. The van der Waals surface area contributed by atoms with E-state index in [1.54, 1.807) is 0 Å². The smallest absolute Gasteiger partial charge is 0.0139 e. The second-order valence-electron chi connectivity index (χ2n) is 5.82. The third kappa shape index (κ3) is 5.71. The van der Waals surface area contributed by atoms with Gasteiger partial charge in [-0.15, -0.1) is 0 Å². The SMILES string of the molecule is CCCCCCCCC(c1ccccc1)C(C)C. The molecule has 0 heterocycles. The molecular formula is C18H30. The highest BCUT2D eigenvalue weighted by molar-refractivity contribution is 5.19. The summed E-state index contributed by atoms with van der Waals surface area (Å²) in [6, 6.07) is 11.0. The van der Waals surface area contributed by atoms with Crippen LogP contribution in [0.1, 0.15) is 77.2 Å². The molecule has 0 saturated heterocycles. The van der Waals surface area contributed by atoms with E-state index in [9.17, 15) is 0 Å². The van der Waals surface area contributed by atoms with E-state index in [1.165, 1.54) is 50.5 Å². The van der Waals surface area contributed by atoms with Crippen molar-refractivity contribution >= 4 is 0 Å². The largest absolute Gasteiger partial charge is 0.0654 e. The van der Waals surface area contributed by atoms with E-state index in [-0.39, 0.29) is 0 Å². The van der Waals surface area contributed by atoms with Gasteiger partial charge in [-0.05, 0) is 23.8 Å². The minimum Gasteiger partial charge on any atom is -0.0654 e. The molecule has 0 amide bonds. The van der Waals surface area contributed by atoms with Gasteiger partial charge in [-0.1, -0.05) is 89.6 Å². The van der Waals surface area contributed by atoms with Crippen LogP contribution in [0.4, 0.5) is 0 Å². The van der Waals surface area contributed by atoms with E-state index < -0.39 is 0 Å². The quantitative estimate of drug-likeness (QED) is 0.457. The van der Waals surface area contributed by atoms with Gasteiger partial charge in [0.2, 0.25) is 0 Å². The number of hydrogen-bond donors (Lipinski definition) is 0. The molecule has 0 spiro atoms. The van der Waals surface area contributed by atoms with E-state index >= 15 is 0 Å². The molecule has 0 N–H and O–H groups in total. The lowest BCUT2D eigenvalue weighted by atomic mass is 9.84. The van der Waals surface area contributed by atoms with Gasteiger partial charge in [-0.3, -0.25) is 0 Å². The van der Waals surface area contributed by atoms with Crippen molar-refractivity contribution in [2.24, 2.45) is 5.92 Å². The summed E-state index contributed by atoms with van der Waals surface area (Å²) in [5.41, 5.74) is 1.53. The van der Waals surface area contributed by atoms with Crippen LogP contribution >= 0.6 is 0 Å². The molecule has 0 aromatic heterocycles. The van der Waals surface area contributed by atoms with E-state index in [2.05, 4.69) is 51.1 Å². The van der Waals surface area contributed by atoms with Crippen LogP contribution in [0.5, 0.6) is 0 Å². The summed E-state index contributed by atoms with van der Waals surface area (Å²) in [6.45, 7) is 6.99. The molecule has 18 heavy (non-hydrogen) atoms. The maximum Gasteiger partial charge on any atom is -0.0139 e. The van der Waals surface area contributed by atoms with Crippen molar-refractivity contribution < 1.29 is 0 Å². The molecule has 0 heteroatoms. The fraction of sp³-hybridized carbons (Fsp3) is 0.667. The van der Waals surface area contributed by atoms with Crippen LogP contribution in [0.25, 0.3) is 0 Å². The zero-order chi connectivity index (χ0) is 13.2. The molecule has 0 saturated carbocycles. The Hall–Kier alpha value is -0.780.